The molecule has 1 amide bonds. The summed E-state index contributed by atoms with van der Waals surface area (Å²) in [6.07, 6.45) is 9.52. The number of amides is 1. The van der Waals surface area contributed by atoms with Crippen molar-refractivity contribution in [1.29, 1.82) is 0 Å². The van der Waals surface area contributed by atoms with Crippen LogP contribution in [-0.2, 0) is 5.41 Å². The zero-order valence-corrected chi connectivity index (χ0v) is 19.1. The minimum absolute atomic E-state index is 0.0326. The van der Waals surface area contributed by atoms with Crippen molar-refractivity contribution in [3.8, 4) is 5.69 Å². The summed E-state index contributed by atoms with van der Waals surface area (Å²) in [5, 5.41) is 8.85. The number of anilines is 1. The van der Waals surface area contributed by atoms with Crippen LogP contribution in [-0.4, -0.2) is 15.7 Å². The van der Waals surface area contributed by atoms with Crippen molar-refractivity contribution >= 4 is 23.2 Å². The van der Waals surface area contributed by atoms with E-state index in [1.165, 1.54) is 38.5 Å². The van der Waals surface area contributed by atoms with Crippen LogP contribution >= 0.6 is 11.6 Å². The van der Waals surface area contributed by atoms with Crippen LogP contribution in [0.5, 0.6) is 0 Å². The molecule has 0 radical (unpaired) electrons. The van der Waals surface area contributed by atoms with Crippen LogP contribution < -0.4 is 5.32 Å². The van der Waals surface area contributed by atoms with Gasteiger partial charge in [0.2, 0.25) is 0 Å². The van der Waals surface area contributed by atoms with Crippen LogP contribution in [0.4, 0.5) is 5.69 Å². The molecule has 1 heterocycles. The highest BCUT2D eigenvalue weighted by atomic mass is 35.5. The van der Waals surface area contributed by atoms with Crippen LogP contribution in [0.1, 0.15) is 60.1 Å². The first-order valence-electron chi connectivity index (χ1n) is 11.7. The monoisotopic (exact) mass is 445 g/mol. The van der Waals surface area contributed by atoms with Gasteiger partial charge < -0.3 is 5.32 Å². The third-order valence-corrected chi connectivity index (χ3v) is 8.20. The van der Waals surface area contributed by atoms with Gasteiger partial charge in [0.25, 0.3) is 5.91 Å². The minimum atomic E-state index is -0.0942. The summed E-state index contributed by atoms with van der Waals surface area (Å²) in [7, 11) is 0. The molecule has 0 saturated heterocycles. The van der Waals surface area contributed by atoms with Crippen molar-refractivity contribution < 1.29 is 4.79 Å². The molecule has 3 aromatic rings. The van der Waals surface area contributed by atoms with Crippen molar-refractivity contribution in [2.75, 3.05) is 5.32 Å². The van der Waals surface area contributed by atoms with Gasteiger partial charge in [-0.05, 0) is 93.0 Å². The summed E-state index contributed by atoms with van der Waals surface area (Å²) >= 11 is 6.20. The minimum Gasteiger partial charge on any atom is -0.322 e. The van der Waals surface area contributed by atoms with Gasteiger partial charge in [0.1, 0.15) is 0 Å². The predicted octanol–water partition coefficient (Wildman–Crippen LogP) is 6.55. The van der Waals surface area contributed by atoms with Gasteiger partial charge in [0, 0.05) is 22.3 Å². The molecule has 4 nitrogen and oxygen atoms in total. The Morgan fingerprint density at radius 2 is 1.69 bits per heavy atom. The standard InChI is InChI=1S/C27H28ClN3O/c1-17-7-8-21(28)12-24(17)29-26(32)23-16-31(22-5-3-2-4-6-22)30-25(23)27-13-18-9-19(14-27)11-20(10-18)15-27/h2-8,12,16,18-20H,9-11,13-15H2,1H3,(H,29,32). The molecule has 4 bridgehead atoms. The van der Waals surface area contributed by atoms with Gasteiger partial charge in [-0.25, -0.2) is 4.68 Å². The molecular weight excluding hydrogens is 418 g/mol. The number of aromatic nitrogens is 2. The van der Waals surface area contributed by atoms with Gasteiger partial charge in [-0.2, -0.15) is 5.10 Å². The molecule has 4 fully saturated rings. The second-order valence-electron chi connectivity index (χ2n) is 10.3. The van der Waals surface area contributed by atoms with E-state index in [9.17, 15) is 4.79 Å². The number of halogens is 1. The molecule has 0 aliphatic heterocycles. The molecule has 7 rings (SSSR count). The molecule has 0 atom stereocenters. The fraction of sp³-hybridized carbons (Fsp3) is 0.407. The Balaban J connectivity index is 1.43. The van der Waals surface area contributed by atoms with Crippen LogP contribution in [0.2, 0.25) is 5.02 Å². The third kappa shape index (κ3) is 3.36. The van der Waals surface area contributed by atoms with Gasteiger partial charge in [-0.15, -0.1) is 0 Å². The van der Waals surface area contributed by atoms with E-state index in [2.05, 4.69) is 5.32 Å². The second-order valence-corrected chi connectivity index (χ2v) is 10.7. The average Bonchev–Trinajstić information content (AvgIpc) is 3.23. The summed E-state index contributed by atoms with van der Waals surface area (Å²) < 4.78 is 1.90. The van der Waals surface area contributed by atoms with E-state index in [0.717, 1.165) is 40.4 Å². The molecule has 4 aliphatic rings. The smallest absolute Gasteiger partial charge is 0.259 e. The predicted molar refractivity (Wildman–Crippen MR) is 128 cm³/mol. The summed E-state index contributed by atoms with van der Waals surface area (Å²) in [5.41, 5.74) is 4.47. The highest BCUT2D eigenvalue weighted by molar-refractivity contribution is 6.31. The number of carbonyl (C=O) groups excluding carboxylic acids is 1. The fourth-order valence-corrected chi connectivity index (χ4v) is 7.14. The number of nitrogens with one attached hydrogen (secondary N) is 1. The zero-order chi connectivity index (χ0) is 21.9. The van der Waals surface area contributed by atoms with Crippen LogP contribution in [0.25, 0.3) is 5.69 Å². The van der Waals surface area contributed by atoms with E-state index in [-0.39, 0.29) is 11.3 Å². The first-order chi connectivity index (χ1) is 15.5. The Bertz CT molecular complexity index is 1150. The van der Waals surface area contributed by atoms with Gasteiger partial charge in [0.15, 0.2) is 0 Å². The zero-order valence-electron chi connectivity index (χ0n) is 18.4. The number of para-hydroxylation sites is 1. The number of rotatable bonds is 4. The van der Waals surface area contributed by atoms with E-state index in [0.29, 0.717) is 10.6 Å². The van der Waals surface area contributed by atoms with Gasteiger partial charge >= 0.3 is 0 Å². The highest BCUT2D eigenvalue weighted by Gasteiger charge is 2.53. The van der Waals surface area contributed by atoms with E-state index in [1.807, 2.05) is 66.3 Å². The topological polar surface area (TPSA) is 46.9 Å². The molecule has 1 aromatic heterocycles. The molecule has 0 spiro atoms. The maximum atomic E-state index is 13.6. The third-order valence-electron chi connectivity index (χ3n) is 7.97. The Morgan fingerprint density at radius 3 is 2.34 bits per heavy atom. The summed E-state index contributed by atoms with van der Waals surface area (Å²) in [5.74, 6) is 2.26. The highest BCUT2D eigenvalue weighted by Crippen LogP contribution is 2.60. The lowest BCUT2D eigenvalue weighted by Crippen LogP contribution is -2.49. The number of hydrogen-bond donors (Lipinski definition) is 1. The molecular formula is C27H28ClN3O. The lowest BCUT2D eigenvalue weighted by Gasteiger charge is -2.56. The van der Waals surface area contributed by atoms with Gasteiger partial charge in [-0.1, -0.05) is 35.9 Å². The lowest BCUT2D eigenvalue weighted by molar-refractivity contribution is -0.00765. The second kappa shape index (κ2) is 7.48. The number of nitrogens with zero attached hydrogens (tertiary/aromatic N) is 2. The molecule has 4 saturated carbocycles. The number of hydrogen-bond acceptors (Lipinski definition) is 2. The number of carbonyl (C=O) groups is 1. The van der Waals surface area contributed by atoms with Crippen molar-refractivity contribution in [1.82, 2.24) is 9.78 Å². The molecule has 5 heteroatoms. The fourth-order valence-electron chi connectivity index (χ4n) is 6.96. The molecule has 164 valence electrons. The van der Waals surface area contributed by atoms with Crippen LogP contribution in [0, 0.1) is 24.7 Å². The Labute approximate surface area is 194 Å². The SMILES string of the molecule is Cc1ccc(Cl)cc1NC(=O)c1cn(-c2ccccc2)nc1C12CC3CC(CC(C3)C1)C2. The average molecular weight is 446 g/mol. The van der Waals surface area contributed by atoms with Crippen molar-refractivity contribution in [3.05, 3.63) is 76.6 Å². The Kier molecular flexibility index (Phi) is 4.69. The lowest BCUT2D eigenvalue weighted by atomic mass is 9.48. The van der Waals surface area contributed by atoms with Crippen molar-refractivity contribution in [3.63, 3.8) is 0 Å². The van der Waals surface area contributed by atoms with E-state index in [4.69, 9.17) is 16.7 Å². The molecule has 32 heavy (non-hydrogen) atoms. The maximum Gasteiger partial charge on any atom is 0.259 e. The van der Waals surface area contributed by atoms with Crippen LogP contribution in [0.3, 0.4) is 0 Å². The van der Waals surface area contributed by atoms with Gasteiger partial charge in [-0.3, -0.25) is 4.79 Å². The van der Waals surface area contributed by atoms with Gasteiger partial charge in [0.05, 0.1) is 16.9 Å². The molecule has 2 aromatic carbocycles. The summed E-state index contributed by atoms with van der Waals surface area (Å²) in [4.78, 5) is 13.6. The summed E-state index contributed by atoms with van der Waals surface area (Å²) in [6.45, 7) is 1.99. The van der Waals surface area contributed by atoms with E-state index >= 15 is 0 Å². The molecule has 1 N–H and O–H groups in total. The van der Waals surface area contributed by atoms with Crippen LogP contribution in [0.15, 0.2) is 54.7 Å². The maximum absolute atomic E-state index is 13.6. The van der Waals surface area contributed by atoms with Crippen molar-refractivity contribution in [2.24, 2.45) is 17.8 Å². The first-order valence-corrected chi connectivity index (χ1v) is 12.1. The molecule has 4 aliphatic carbocycles. The largest absolute Gasteiger partial charge is 0.322 e. The van der Waals surface area contributed by atoms with E-state index < -0.39 is 0 Å². The first kappa shape index (κ1) is 20.0. The normalized spacial score (nSPS) is 28.1. The number of benzene rings is 2. The Hall–Kier alpha value is -2.59. The summed E-state index contributed by atoms with van der Waals surface area (Å²) in [6, 6.07) is 15.7. The van der Waals surface area contributed by atoms with Crippen molar-refractivity contribution in [2.45, 2.75) is 50.9 Å². The Morgan fingerprint density at radius 1 is 1.03 bits per heavy atom. The molecule has 0 unspecified atom stereocenters. The quantitative estimate of drug-likeness (QED) is 0.494. The number of aryl methyl sites for hydroxylation is 1. The van der Waals surface area contributed by atoms with E-state index in [1.54, 1.807) is 0 Å².